The zero-order chi connectivity index (χ0) is 8.55. The minimum Gasteiger partial charge on any atom is -0.388 e. The topological polar surface area (TPSA) is 61.8 Å². The van der Waals surface area contributed by atoms with Gasteiger partial charge in [-0.2, -0.15) is 0 Å². The highest BCUT2D eigenvalue weighted by Gasteiger charge is 2.01. The Kier molecular flexibility index (Phi) is 1.82. The average Bonchev–Trinajstić information content (AvgIpc) is 2.46. The van der Waals surface area contributed by atoms with Crippen LogP contribution < -0.4 is 0 Å². The van der Waals surface area contributed by atoms with E-state index in [4.69, 9.17) is 5.11 Å². The summed E-state index contributed by atoms with van der Waals surface area (Å²) >= 11 is 3.29. The molecule has 0 aliphatic rings. The molecule has 0 fully saturated rings. The van der Waals surface area contributed by atoms with Crippen molar-refractivity contribution in [3.05, 3.63) is 22.6 Å². The number of halogens is 1. The Morgan fingerprint density at radius 3 is 3.17 bits per heavy atom. The molecule has 0 spiro atoms. The average molecular weight is 228 g/mol. The third kappa shape index (κ3) is 1.21. The van der Waals surface area contributed by atoms with E-state index in [1.807, 2.05) is 6.07 Å². The smallest absolute Gasteiger partial charge is 0.177 e. The third-order valence-electron chi connectivity index (χ3n) is 1.50. The van der Waals surface area contributed by atoms with Gasteiger partial charge in [-0.25, -0.2) is 9.97 Å². The molecule has 4 nitrogen and oxygen atoms in total. The molecule has 5 heteroatoms. The quantitative estimate of drug-likeness (QED) is 0.771. The van der Waals surface area contributed by atoms with Gasteiger partial charge in [0.05, 0.1) is 5.52 Å². The van der Waals surface area contributed by atoms with E-state index in [-0.39, 0.29) is 6.61 Å². The lowest BCUT2D eigenvalue weighted by Crippen LogP contribution is -1.83. The maximum atomic E-state index is 8.77. The van der Waals surface area contributed by atoms with Gasteiger partial charge in [-0.3, -0.25) is 0 Å². The second-order valence-corrected chi connectivity index (χ2v) is 3.28. The Morgan fingerprint density at radius 1 is 1.58 bits per heavy atom. The number of aromatic amines is 1. The van der Waals surface area contributed by atoms with Crippen LogP contribution in [0.5, 0.6) is 0 Å². The number of hydrogen-bond donors (Lipinski definition) is 2. The molecule has 2 aromatic rings. The lowest BCUT2D eigenvalue weighted by Gasteiger charge is -1.86. The van der Waals surface area contributed by atoms with Gasteiger partial charge >= 0.3 is 0 Å². The second-order valence-electron chi connectivity index (χ2n) is 2.37. The van der Waals surface area contributed by atoms with Gasteiger partial charge in [0.15, 0.2) is 5.65 Å². The van der Waals surface area contributed by atoms with E-state index < -0.39 is 0 Å². The molecule has 0 bridgehead atoms. The van der Waals surface area contributed by atoms with Crippen molar-refractivity contribution in [1.82, 2.24) is 15.0 Å². The van der Waals surface area contributed by atoms with Gasteiger partial charge in [-0.1, -0.05) is 0 Å². The van der Waals surface area contributed by atoms with Crippen LogP contribution in [0.25, 0.3) is 11.2 Å². The highest BCUT2D eigenvalue weighted by molar-refractivity contribution is 9.10. The second kappa shape index (κ2) is 2.84. The van der Waals surface area contributed by atoms with Gasteiger partial charge in [0.1, 0.15) is 12.4 Å². The molecule has 2 heterocycles. The number of nitrogens with one attached hydrogen (secondary N) is 1. The summed E-state index contributed by atoms with van der Waals surface area (Å²) in [7, 11) is 0. The molecule has 0 saturated carbocycles. The van der Waals surface area contributed by atoms with Crippen molar-refractivity contribution < 1.29 is 5.11 Å². The molecule has 0 aromatic carbocycles. The normalized spacial score (nSPS) is 10.8. The van der Waals surface area contributed by atoms with Crippen molar-refractivity contribution in [2.45, 2.75) is 6.61 Å². The zero-order valence-electron chi connectivity index (χ0n) is 6.08. The van der Waals surface area contributed by atoms with Crippen LogP contribution >= 0.6 is 15.9 Å². The lowest BCUT2D eigenvalue weighted by molar-refractivity contribution is 0.273. The number of aliphatic hydroxyl groups excluding tert-OH is 1. The highest BCUT2D eigenvalue weighted by Crippen LogP contribution is 2.14. The van der Waals surface area contributed by atoms with Gasteiger partial charge in [-0.15, -0.1) is 0 Å². The standard InChI is InChI=1S/C7H6BrN3O/c8-4-1-5-7(9-2-4)11-6(3-12)10-5/h1-2,12H,3H2,(H,9,10,11). The largest absolute Gasteiger partial charge is 0.388 e. The van der Waals surface area contributed by atoms with Crippen LogP contribution in [0.2, 0.25) is 0 Å². The number of fused-ring (bicyclic) bond motifs is 1. The summed E-state index contributed by atoms with van der Waals surface area (Å²) in [6, 6.07) is 1.87. The van der Waals surface area contributed by atoms with Crippen LogP contribution in [0, 0.1) is 0 Å². The first kappa shape index (κ1) is 7.70. The van der Waals surface area contributed by atoms with E-state index in [0.29, 0.717) is 11.5 Å². The van der Waals surface area contributed by atoms with Gasteiger partial charge in [0.25, 0.3) is 0 Å². The maximum absolute atomic E-state index is 8.77. The summed E-state index contributed by atoms with van der Waals surface area (Å²) in [5, 5.41) is 8.77. The molecule has 0 unspecified atom stereocenters. The summed E-state index contributed by atoms with van der Waals surface area (Å²) in [5.41, 5.74) is 1.45. The number of hydrogen-bond acceptors (Lipinski definition) is 3. The molecule has 2 aromatic heterocycles. The number of nitrogens with zero attached hydrogens (tertiary/aromatic N) is 2. The van der Waals surface area contributed by atoms with Crippen LogP contribution in [0.3, 0.4) is 0 Å². The van der Waals surface area contributed by atoms with E-state index in [9.17, 15) is 0 Å². The van der Waals surface area contributed by atoms with Gasteiger partial charge in [0.2, 0.25) is 0 Å². The van der Waals surface area contributed by atoms with Crippen molar-refractivity contribution in [3.63, 3.8) is 0 Å². The Hall–Kier alpha value is -0.940. The first-order valence-electron chi connectivity index (χ1n) is 3.40. The van der Waals surface area contributed by atoms with Crippen LogP contribution in [0.15, 0.2) is 16.7 Å². The molecule has 0 amide bonds. The molecular formula is C7H6BrN3O. The van der Waals surface area contributed by atoms with Crippen LogP contribution in [-0.4, -0.2) is 20.1 Å². The summed E-state index contributed by atoms with van der Waals surface area (Å²) in [6.45, 7) is -0.0893. The molecular weight excluding hydrogens is 222 g/mol. The first-order valence-corrected chi connectivity index (χ1v) is 4.20. The molecule has 2 rings (SSSR count). The Balaban J connectivity index is 2.67. The number of imidazole rings is 1. The fraction of sp³-hybridized carbons (Fsp3) is 0.143. The van der Waals surface area contributed by atoms with Gasteiger partial charge < -0.3 is 10.1 Å². The SMILES string of the molecule is OCc1nc2ncc(Br)cc2[nH]1. The molecule has 62 valence electrons. The maximum Gasteiger partial charge on any atom is 0.177 e. The Morgan fingerprint density at radius 2 is 2.42 bits per heavy atom. The summed E-state index contributed by atoms with van der Waals surface area (Å²) in [4.78, 5) is 11.0. The monoisotopic (exact) mass is 227 g/mol. The summed E-state index contributed by atoms with van der Waals surface area (Å²) in [6.07, 6.45) is 1.67. The number of rotatable bonds is 1. The van der Waals surface area contributed by atoms with E-state index >= 15 is 0 Å². The number of pyridine rings is 1. The van der Waals surface area contributed by atoms with Crippen molar-refractivity contribution in [1.29, 1.82) is 0 Å². The van der Waals surface area contributed by atoms with E-state index in [1.165, 1.54) is 0 Å². The van der Waals surface area contributed by atoms with Gasteiger partial charge in [-0.05, 0) is 22.0 Å². The first-order chi connectivity index (χ1) is 5.79. The molecule has 0 saturated heterocycles. The minimum atomic E-state index is -0.0893. The molecule has 0 atom stereocenters. The van der Waals surface area contributed by atoms with Crippen molar-refractivity contribution in [2.75, 3.05) is 0 Å². The Labute approximate surface area is 76.8 Å². The van der Waals surface area contributed by atoms with Gasteiger partial charge in [0, 0.05) is 10.7 Å². The fourth-order valence-electron chi connectivity index (χ4n) is 0.999. The van der Waals surface area contributed by atoms with Crippen LogP contribution in [0.1, 0.15) is 5.82 Å². The van der Waals surface area contributed by atoms with Crippen LogP contribution in [0.4, 0.5) is 0 Å². The van der Waals surface area contributed by atoms with E-state index in [0.717, 1.165) is 9.99 Å². The molecule has 2 N–H and O–H groups in total. The number of H-pyrrole nitrogens is 1. The molecule has 0 aliphatic heterocycles. The number of aromatic nitrogens is 3. The Bertz CT molecular complexity index is 412. The molecule has 12 heavy (non-hydrogen) atoms. The summed E-state index contributed by atoms with van der Waals surface area (Å²) < 4.78 is 0.892. The van der Waals surface area contributed by atoms with Crippen LogP contribution in [-0.2, 0) is 6.61 Å². The minimum absolute atomic E-state index is 0.0893. The van der Waals surface area contributed by atoms with Crippen molar-refractivity contribution >= 4 is 27.1 Å². The summed E-state index contributed by atoms with van der Waals surface area (Å²) in [5.74, 6) is 0.538. The predicted molar refractivity (Wildman–Crippen MR) is 47.5 cm³/mol. The van der Waals surface area contributed by atoms with E-state index in [2.05, 4.69) is 30.9 Å². The zero-order valence-corrected chi connectivity index (χ0v) is 7.67. The van der Waals surface area contributed by atoms with E-state index in [1.54, 1.807) is 6.20 Å². The van der Waals surface area contributed by atoms with Crippen molar-refractivity contribution in [3.8, 4) is 0 Å². The number of aliphatic hydroxyl groups is 1. The predicted octanol–water partition coefficient (Wildman–Crippen LogP) is 1.21. The molecule has 0 radical (unpaired) electrons. The fourth-order valence-corrected chi connectivity index (χ4v) is 1.33. The molecule has 0 aliphatic carbocycles. The highest BCUT2D eigenvalue weighted by atomic mass is 79.9. The van der Waals surface area contributed by atoms with Crippen molar-refractivity contribution in [2.24, 2.45) is 0 Å². The lowest BCUT2D eigenvalue weighted by atomic mass is 10.4. The third-order valence-corrected chi connectivity index (χ3v) is 1.94.